The number of anilines is 3. The molecule has 134 valence electrons. The minimum absolute atomic E-state index is 0.113. The highest BCUT2D eigenvalue weighted by Crippen LogP contribution is 2.23. The second-order valence-corrected chi connectivity index (χ2v) is 6.61. The Balaban J connectivity index is 1.79. The Labute approximate surface area is 151 Å². The van der Waals surface area contributed by atoms with Crippen LogP contribution in [0.25, 0.3) is 0 Å². The quantitative estimate of drug-likeness (QED) is 0.554. The Kier molecular flexibility index (Phi) is 6.76. The molecule has 0 saturated carbocycles. The molecule has 0 bridgehead atoms. The summed E-state index contributed by atoms with van der Waals surface area (Å²) in [6.07, 6.45) is 1.93. The highest BCUT2D eigenvalue weighted by Gasteiger charge is 2.08. The molecule has 1 aromatic heterocycles. The number of carbonyl (C=O) groups is 2. The van der Waals surface area contributed by atoms with Crippen molar-refractivity contribution >= 4 is 39.0 Å². The van der Waals surface area contributed by atoms with Crippen molar-refractivity contribution in [3.8, 4) is 0 Å². The molecule has 0 aliphatic carbocycles. The van der Waals surface area contributed by atoms with Gasteiger partial charge in [0.05, 0.1) is 12.6 Å². The van der Waals surface area contributed by atoms with Crippen LogP contribution in [0.4, 0.5) is 15.8 Å². The number of carbonyl (C=O) groups excluding carboxylic acids is 2. The van der Waals surface area contributed by atoms with Crippen LogP contribution in [-0.4, -0.2) is 44.1 Å². The van der Waals surface area contributed by atoms with Gasteiger partial charge < -0.3 is 20.3 Å². The molecule has 0 saturated heterocycles. The van der Waals surface area contributed by atoms with E-state index in [9.17, 15) is 9.59 Å². The molecule has 0 radical (unpaired) electrons. The van der Waals surface area contributed by atoms with Crippen molar-refractivity contribution in [1.29, 1.82) is 0 Å². The van der Waals surface area contributed by atoms with Crippen LogP contribution in [0.5, 0.6) is 0 Å². The van der Waals surface area contributed by atoms with E-state index in [2.05, 4.69) is 15.6 Å². The van der Waals surface area contributed by atoms with E-state index < -0.39 is 0 Å². The average Bonchev–Trinajstić information content (AvgIpc) is 2.99. The van der Waals surface area contributed by atoms with Crippen LogP contribution in [0, 0.1) is 0 Å². The largest absolute Gasteiger partial charge is 0.464 e. The van der Waals surface area contributed by atoms with Crippen molar-refractivity contribution in [2.24, 2.45) is 0 Å². The molecule has 8 heteroatoms. The van der Waals surface area contributed by atoms with Gasteiger partial charge >= 0.3 is 5.97 Å². The van der Waals surface area contributed by atoms with Gasteiger partial charge in [0.2, 0.25) is 5.91 Å². The highest BCUT2D eigenvalue weighted by molar-refractivity contribution is 7.19. The molecule has 2 aromatic rings. The first-order valence-electron chi connectivity index (χ1n) is 7.83. The van der Waals surface area contributed by atoms with E-state index in [4.69, 9.17) is 4.74 Å². The Bertz CT molecular complexity index is 713. The third-order valence-electron chi connectivity index (χ3n) is 3.28. The number of aromatic nitrogens is 1. The summed E-state index contributed by atoms with van der Waals surface area (Å²) < 4.78 is 4.83. The van der Waals surface area contributed by atoms with Crippen LogP contribution in [0.15, 0.2) is 30.5 Å². The SMILES string of the molecule is CC(=O)OCCNc1cnc(NC(=O)Cc2ccc(N(C)C)cc2)s1. The minimum atomic E-state index is -0.308. The maximum absolute atomic E-state index is 12.1. The number of hydrogen-bond acceptors (Lipinski definition) is 7. The van der Waals surface area contributed by atoms with E-state index in [-0.39, 0.29) is 18.5 Å². The van der Waals surface area contributed by atoms with Crippen LogP contribution < -0.4 is 15.5 Å². The van der Waals surface area contributed by atoms with Crippen molar-refractivity contribution in [2.75, 3.05) is 42.8 Å². The van der Waals surface area contributed by atoms with Gasteiger partial charge in [-0.05, 0) is 17.7 Å². The summed E-state index contributed by atoms with van der Waals surface area (Å²) in [7, 11) is 3.95. The molecular weight excluding hydrogens is 340 g/mol. The number of ether oxygens (including phenoxy) is 1. The van der Waals surface area contributed by atoms with Gasteiger partial charge in [-0.2, -0.15) is 0 Å². The Morgan fingerprint density at radius 3 is 2.60 bits per heavy atom. The zero-order valence-corrected chi connectivity index (χ0v) is 15.4. The van der Waals surface area contributed by atoms with Crippen molar-refractivity contribution in [1.82, 2.24) is 4.98 Å². The zero-order valence-electron chi connectivity index (χ0n) is 14.5. The number of esters is 1. The predicted molar refractivity (Wildman–Crippen MR) is 100 cm³/mol. The second-order valence-electron chi connectivity index (χ2n) is 5.58. The molecule has 0 aliphatic rings. The maximum atomic E-state index is 12.1. The minimum Gasteiger partial charge on any atom is -0.464 e. The third kappa shape index (κ3) is 6.42. The number of hydrogen-bond donors (Lipinski definition) is 2. The number of rotatable bonds is 8. The maximum Gasteiger partial charge on any atom is 0.302 e. The number of amides is 1. The number of nitrogens with zero attached hydrogens (tertiary/aromatic N) is 2. The lowest BCUT2D eigenvalue weighted by molar-refractivity contribution is -0.140. The molecule has 0 fully saturated rings. The van der Waals surface area contributed by atoms with E-state index >= 15 is 0 Å². The van der Waals surface area contributed by atoms with Crippen LogP contribution >= 0.6 is 11.3 Å². The standard InChI is InChI=1S/C17H22N4O3S/c1-12(22)24-9-8-18-16-11-19-17(25-16)20-15(23)10-13-4-6-14(7-5-13)21(2)3/h4-7,11,18H,8-10H2,1-3H3,(H,19,20,23). The van der Waals surface area contributed by atoms with E-state index in [1.165, 1.54) is 18.3 Å². The van der Waals surface area contributed by atoms with Gasteiger partial charge in [0.15, 0.2) is 5.13 Å². The number of nitrogens with one attached hydrogen (secondary N) is 2. The second kappa shape index (κ2) is 9.03. The summed E-state index contributed by atoms with van der Waals surface area (Å²) in [5.41, 5.74) is 2.04. The van der Waals surface area contributed by atoms with Crippen molar-refractivity contribution < 1.29 is 14.3 Å². The fourth-order valence-electron chi connectivity index (χ4n) is 2.04. The van der Waals surface area contributed by atoms with E-state index in [1.54, 1.807) is 6.20 Å². The topological polar surface area (TPSA) is 83.6 Å². The molecular formula is C17H22N4O3S. The Hall–Kier alpha value is -2.61. The molecule has 2 rings (SSSR count). The number of thiazole rings is 1. The van der Waals surface area contributed by atoms with Crippen LogP contribution in [0.3, 0.4) is 0 Å². The van der Waals surface area contributed by atoms with Gasteiger partial charge in [-0.15, -0.1) is 0 Å². The molecule has 25 heavy (non-hydrogen) atoms. The van der Waals surface area contributed by atoms with E-state index in [1.807, 2.05) is 43.3 Å². The van der Waals surface area contributed by atoms with Gasteiger partial charge in [-0.3, -0.25) is 9.59 Å². The Morgan fingerprint density at radius 1 is 1.24 bits per heavy atom. The summed E-state index contributed by atoms with van der Waals surface area (Å²) in [4.78, 5) is 29.0. The fourth-order valence-corrected chi connectivity index (χ4v) is 2.80. The average molecular weight is 362 g/mol. The molecule has 1 aromatic carbocycles. The summed E-state index contributed by atoms with van der Waals surface area (Å²) >= 11 is 1.34. The summed E-state index contributed by atoms with van der Waals surface area (Å²) in [6, 6.07) is 7.85. The monoisotopic (exact) mass is 362 g/mol. The predicted octanol–water partition coefficient (Wildman–Crippen LogP) is 2.37. The molecule has 0 spiro atoms. The first-order chi connectivity index (χ1) is 11.9. The summed E-state index contributed by atoms with van der Waals surface area (Å²) in [5.74, 6) is -0.420. The van der Waals surface area contributed by atoms with Crippen molar-refractivity contribution in [2.45, 2.75) is 13.3 Å². The van der Waals surface area contributed by atoms with E-state index in [0.717, 1.165) is 16.3 Å². The lowest BCUT2D eigenvalue weighted by Gasteiger charge is -2.12. The van der Waals surface area contributed by atoms with Crippen LogP contribution in [0.1, 0.15) is 12.5 Å². The molecule has 1 amide bonds. The van der Waals surface area contributed by atoms with Crippen molar-refractivity contribution in [3.63, 3.8) is 0 Å². The molecule has 7 nitrogen and oxygen atoms in total. The molecule has 0 atom stereocenters. The molecule has 0 aliphatic heterocycles. The summed E-state index contributed by atoms with van der Waals surface area (Å²) in [5, 5.41) is 7.21. The lowest BCUT2D eigenvalue weighted by atomic mass is 10.1. The van der Waals surface area contributed by atoms with Gasteiger partial charge in [0.25, 0.3) is 0 Å². The van der Waals surface area contributed by atoms with Crippen molar-refractivity contribution in [3.05, 3.63) is 36.0 Å². The molecule has 2 N–H and O–H groups in total. The van der Waals surface area contributed by atoms with Gasteiger partial charge in [-0.25, -0.2) is 4.98 Å². The normalized spacial score (nSPS) is 10.2. The van der Waals surface area contributed by atoms with Gasteiger partial charge in [-0.1, -0.05) is 23.5 Å². The van der Waals surface area contributed by atoms with Gasteiger partial charge in [0, 0.05) is 33.3 Å². The Morgan fingerprint density at radius 2 is 1.96 bits per heavy atom. The fraction of sp³-hybridized carbons (Fsp3) is 0.353. The van der Waals surface area contributed by atoms with Crippen LogP contribution in [0.2, 0.25) is 0 Å². The highest BCUT2D eigenvalue weighted by atomic mass is 32.1. The smallest absolute Gasteiger partial charge is 0.302 e. The van der Waals surface area contributed by atoms with Crippen LogP contribution in [-0.2, 0) is 20.7 Å². The zero-order chi connectivity index (χ0) is 18.2. The summed E-state index contributed by atoms with van der Waals surface area (Å²) in [6.45, 7) is 2.15. The molecule has 0 unspecified atom stereocenters. The van der Waals surface area contributed by atoms with E-state index in [0.29, 0.717) is 18.1 Å². The first-order valence-corrected chi connectivity index (χ1v) is 8.65. The van der Waals surface area contributed by atoms with Gasteiger partial charge in [0.1, 0.15) is 11.6 Å². The number of benzene rings is 1. The lowest BCUT2D eigenvalue weighted by Crippen LogP contribution is -2.14. The third-order valence-corrected chi connectivity index (χ3v) is 4.15. The molecule has 1 heterocycles. The first kappa shape index (κ1) is 18.7.